The third kappa shape index (κ3) is 5.17. The number of aliphatic hydroxyl groups is 1. The average Bonchev–Trinajstić information content (AvgIpc) is 2.54. The number of ether oxygens (including phenoxy) is 1. The number of aliphatic hydroxyl groups excluding tert-OH is 1. The van der Waals surface area contributed by atoms with Crippen molar-refractivity contribution in [3.05, 3.63) is 35.4 Å². The number of hydrogen-bond donors (Lipinski definition) is 2. The van der Waals surface area contributed by atoms with Crippen LogP contribution in [0.3, 0.4) is 0 Å². The third-order valence-electron chi connectivity index (χ3n) is 4.01. The number of nitrogens with one attached hydrogen (secondary N) is 1. The third-order valence-corrected chi connectivity index (χ3v) is 4.01. The zero-order valence-corrected chi connectivity index (χ0v) is 13.1. The number of hydrogen-bond acceptors (Lipinski definition) is 4. The van der Waals surface area contributed by atoms with Crippen molar-refractivity contribution in [2.24, 2.45) is 0 Å². The van der Waals surface area contributed by atoms with Crippen molar-refractivity contribution < 1.29 is 23.0 Å². The summed E-state index contributed by atoms with van der Waals surface area (Å²) in [5.74, 6) is 0. The number of morpholine rings is 1. The summed E-state index contributed by atoms with van der Waals surface area (Å²) in [6, 6.07) is 5.12. The molecule has 1 fully saturated rings. The molecular formula is C16H23F3N2O2. The van der Waals surface area contributed by atoms with Crippen LogP contribution in [-0.4, -0.2) is 55.4 Å². The Kier molecular flexibility index (Phi) is 6.41. The number of nitrogens with zero attached hydrogens (tertiary/aromatic N) is 1. The van der Waals surface area contributed by atoms with Crippen molar-refractivity contribution in [3.8, 4) is 0 Å². The summed E-state index contributed by atoms with van der Waals surface area (Å²) in [5.41, 5.74) is -0.896. The average molecular weight is 332 g/mol. The second-order valence-corrected chi connectivity index (χ2v) is 5.65. The minimum Gasteiger partial charge on any atom is -0.387 e. The van der Waals surface area contributed by atoms with E-state index in [0.717, 1.165) is 25.7 Å². The van der Waals surface area contributed by atoms with Crippen LogP contribution in [0.25, 0.3) is 0 Å². The van der Waals surface area contributed by atoms with E-state index >= 15 is 0 Å². The minimum absolute atomic E-state index is 0.00578. The van der Waals surface area contributed by atoms with Gasteiger partial charge in [0.05, 0.1) is 24.4 Å². The first-order chi connectivity index (χ1) is 10.9. The Morgan fingerprint density at radius 1 is 1.39 bits per heavy atom. The van der Waals surface area contributed by atoms with Crippen LogP contribution in [0.15, 0.2) is 24.3 Å². The summed E-state index contributed by atoms with van der Waals surface area (Å²) in [7, 11) is 0. The Balaban J connectivity index is 1.87. The van der Waals surface area contributed by atoms with E-state index in [2.05, 4.69) is 17.1 Å². The fourth-order valence-corrected chi connectivity index (χ4v) is 2.73. The number of rotatable bonds is 6. The zero-order chi connectivity index (χ0) is 16.9. The molecular weight excluding hydrogens is 309 g/mol. The lowest BCUT2D eigenvalue weighted by Crippen LogP contribution is -2.46. The molecule has 2 atom stereocenters. The van der Waals surface area contributed by atoms with Crippen LogP contribution in [0.4, 0.5) is 13.2 Å². The van der Waals surface area contributed by atoms with Gasteiger partial charge in [-0.15, -0.1) is 0 Å². The van der Waals surface area contributed by atoms with Crippen LogP contribution in [0.2, 0.25) is 0 Å². The van der Waals surface area contributed by atoms with Gasteiger partial charge in [0.25, 0.3) is 0 Å². The van der Waals surface area contributed by atoms with E-state index in [1.54, 1.807) is 0 Å². The molecule has 0 aromatic heterocycles. The standard InChI is InChI=1S/C16H23F3N2O2/c1-2-21-7-8-23-12(11-21)9-20-10-15(22)13-5-3-4-6-14(13)16(17,18)19/h3-6,12,15,20,22H,2,7-11H2,1H3/t12-,15-/m0/s1. The first kappa shape index (κ1) is 18.2. The summed E-state index contributed by atoms with van der Waals surface area (Å²) in [5, 5.41) is 13.1. The second kappa shape index (κ2) is 8.10. The summed E-state index contributed by atoms with van der Waals surface area (Å²) in [6.07, 6.45) is -5.68. The maximum absolute atomic E-state index is 12.9. The monoisotopic (exact) mass is 332 g/mol. The van der Waals surface area contributed by atoms with E-state index in [0.29, 0.717) is 13.2 Å². The van der Waals surface area contributed by atoms with Gasteiger partial charge in [-0.05, 0) is 18.2 Å². The molecule has 1 aromatic carbocycles. The van der Waals surface area contributed by atoms with Crippen LogP contribution >= 0.6 is 0 Å². The predicted molar refractivity (Wildman–Crippen MR) is 81.1 cm³/mol. The second-order valence-electron chi connectivity index (χ2n) is 5.65. The van der Waals surface area contributed by atoms with Crippen molar-refractivity contribution in [3.63, 3.8) is 0 Å². The SMILES string of the molecule is CCN1CCO[C@@H](CNC[C@H](O)c2ccccc2C(F)(F)F)C1. The summed E-state index contributed by atoms with van der Waals surface area (Å²) in [6.45, 7) is 5.92. The molecule has 2 N–H and O–H groups in total. The van der Waals surface area contributed by atoms with Crippen LogP contribution in [0.1, 0.15) is 24.2 Å². The summed E-state index contributed by atoms with van der Waals surface area (Å²) in [4.78, 5) is 2.26. The predicted octanol–water partition coefficient (Wildman–Crippen LogP) is 2.05. The molecule has 4 nitrogen and oxygen atoms in total. The molecule has 1 aliphatic heterocycles. The molecule has 1 saturated heterocycles. The molecule has 23 heavy (non-hydrogen) atoms. The molecule has 130 valence electrons. The molecule has 0 spiro atoms. The Bertz CT molecular complexity index is 496. The molecule has 0 amide bonds. The van der Waals surface area contributed by atoms with Gasteiger partial charge in [-0.3, -0.25) is 4.90 Å². The lowest BCUT2D eigenvalue weighted by molar-refractivity contribution is -0.139. The van der Waals surface area contributed by atoms with E-state index in [9.17, 15) is 18.3 Å². The van der Waals surface area contributed by atoms with Crippen molar-refractivity contribution in [1.82, 2.24) is 10.2 Å². The fraction of sp³-hybridized carbons (Fsp3) is 0.625. The largest absolute Gasteiger partial charge is 0.416 e. The molecule has 2 rings (SSSR count). The van der Waals surface area contributed by atoms with Gasteiger partial charge in [-0.1, -0.05) is 25.1 Å². The molecule has 1 aromatic rings. The lowest BCUT2D eigenvalue weighted by atomic mass is 10.0. The summed E-state index contributed by atoms with van der Waals surface area (Å²) < 4.78 is 44.4. The number of halogens is 3. The van der Waals surface area contributed by atoms with Crippen LogP contribution in [0.5, 0.6) is 0 Å². The molecule has 1 heterocycles. The topological polar surface area (TPSA) is 44.7 Å². The molecule has 1 aliphatic rings. The van der Waals surface area contributed by atoms with Crippen molar-refractivity contribution in [2.45, 2.75) is 25.3 Å². The van der Waals surface area contributed by atoms with Gasteiger partial charge in [0.2, 0.25) is 0 Å². The van der Waals surface area contributed by atoms with E-state index in [1.807, 2.05) is 0 Å². The molecule has 0 saturated carbocycles. The van der Waals surface area contributed by atoms with Gasteiger partial charge in [-0.2, -0.15) is 13.2 Å². The highest BCUT2D eigenvalue weighted by atomic mass is 19.4. The zero-order valence-electron chi connectivity index (χ0n) is 13.1. The first-order valence-electron chi connectivity index (χ1n) is 7.80. The van der Waals surface area contributed by atoms with Crippen molar-refractivity contribution in [1.29, 1.82) is 0 Å². The molecule has 0 aliphatic carbocycles. The van der Waals surface area contributed by atoms with Crippen molar-refractivity contribution >= 4 is 0 Å². The van der Waals surface area contributed by atoms with Gasteiger partial charge in [-0.25, -0.2) is 0 Å². The van der Waals surface area contributed by atoms with Crippen molar-refractivity contribution in [2.75, 3.05) is 39.3 Å². The number of benzene rings is 1. The Morgan fingerprint density at radius 3 is 2.83 bits per heavy atom. The van der Waals surface area contributed by atoms with Crippen LogP contribution < -0.4 is 5.32 Å². The fourth-order valence-electron chi connectivity index (χ4n) is 2.73. The minimum atomic E-state index is -4.47. The molecule has 0 unspecified atom stereocenters. The Labute approximate surface area is 134 Å². The van der Waals surface area contributed by atoms with E-state index < -0.39 is 17.8 Å². The number of alkyl halides is 3. The molecule has 7 heteroatoms. The maximum atomic E-state index is 12.9. The van der Waals surface area contributed by atoms with Gasteiger partial charge in [0.15, 0.2) is 0 Å². The smallest absolute Gasteiger partial charge is 0.387 e. The molecule has 0 radical (unpaired) electrons. The van der Waals surface area contributed by atoms with Gasteiger partial charge in [0, 0.05) is 26.2 Å². The lowest BCUT2D eigenvalue weighted by Gasteiger charge is -2.32. The Hall–Kier alpha value is -1.15. The van der Waals surface area contributed by atoms with E-state index in [1.165, 1.54) is 18.2 Å². The maximum Gasteiger partial charge on any atom is 0.416 e. The number of likely N-dealkylation sites (N-methyl/N-ethyl adjacent to an activating group) is 1. The first-order valence-corrected chi connectivity index (χ1v) is 7.80. The quantitative estimate of drug-likeness (QED) is 0.837. The normalized spacial score (nSPS) is 21.3. The van der Waals surface area contributed by atoms with Crippen LogP contribution in [-0.2, 0) is 10.9 Å². The van der Waals surface area contributed by atoms with Gasteiger partial charge >= 0.3 is 6.18 Å². The van der Waals surface area contributed by atoms with E-state index in [-0.39, 0.29) is 18.2 Å². The highest BCUT2D eigenvalue weighted by Gasteiger charge is 2.34. The van der Waals surface area contributed by atoms with Crippen LogP contribution in [0, 0.1) is 0 Å². The van der Waals surface area contributed by atoms with Gasteiger partial charge < -0.3 is 15.2 Å². The highest BCUT2D eigenvalue weighted by Crippen LogP contribution is 2.34. The van der Waals surface area contributed by atoms with Gasteiger partial charge in [0.1, 0.15) is 0 Å². The summed E-state index contributed by atoms with van der Waals surface area (Å²) >= 11 is 0. The Morgan fingerprint density at radius 2 is 2.13 bits per heavy atom. The highest BCUT2D eigenvalue weighted by molar-refractivity contribution is 5.31. The van der Waals surface area contributed by atoms with E-state index in [4.69, 9.17) is 4.74 Å². The molecule has 0 bridgehead atoms.